The van der Waals surface area contributed by atoms with Gasteiger partial charge in [0.15, 0.2) is 0 Å². The van der Waals surface area contributed by atoms with Crippen LogP contribution in [-0.2, 0) is 20.1 Å². The van der Waals surface area contributed by atoms with Crippen LogP contribution < -0.4 is 0 Å². The quantitative estimate of drug-likeness (QED) is 0.359. The van der Waals surface area contributed by atoms with Crippen molar-refractivity contribution in [2.45, 2.75) is 33.8 Å². The van der Waals surface area contributed by atoms with Crippen LogP contribution in [-0.4, -0.2) is 21.3 Å². The summed E-state index contributed by atoms with van der Waals surface area (Å²) >= 11 is 0. The van der Waals surface area contributed by atoms with Crippen molar-refractivity contribution >= 4 is 10.8 Å². The Morgan fingerprint density at radius 3 is 2.42 bits per heavy atom. The number of aliphatic hydroxyl groups excluding tert-OH is 2. The molecule has 139 valence electrons. The van der Waals surface area contributed by atoms with Crippen LogP contribution in [0.3, 0.4) is 0 Å². The van der Waals surface area contributed by atoms with Gasteiger partial charge < -0.3 is 15.2 Å². The van der Waals surface area contributed by atoms with Crippen molar-refractivity contribution < 1.29 is 30.3 Å². The Morgan fingerprint density at radius 2 is 1.85 bits per heavy atom. The summed E-state index contributed by atoms with van der Waals surface area (Å²) in [5.41, 5.74) is 4.49. The number of aliphatic hydroxyl groups is 2. The molecular formula is C22H24IrNO2-. The van der Waals surface area contributed by atoms with E-state index in [-0.39, 0.29) is 25.9 Å². The van der Waals surface area contributed by atoms with E-state index < -0.39 is 6.10 Å². The van der Waals surface area contributed by atoms with E-state index in [1.165, 1.54) is 29.3 Å². The van der Waals surface area contributed by atoms with Gasteiger partial charge in [-0.05, 0) is 42.5 Å². The van der Waals surface area contributed by atoms with Crippen molar-refractivity contribution in [1.82, 2.24) is 4.98 Å². The van der Waals surface area contributed by atoms with Gasteiger partial charge in [-0.25, -0.2) is 0 Å². The number of hydrogen-bond acceptors (Lipinski definition) is 3. The van der Waals surface area contributed by atoms with Gasteiger partial charge in [0.2, 0.25) is 0 Å². The zero-order valence-corrected chi connectivity index (χ0v) is 17.8. The fraction of sp³-hybridized carbons (Fsp3) is 0.227. The Kier molecular flexibility index (Phi) is 8.67. The average Bonchev–Trinajstić information content (AvgIpc) is 2.52. The molecule has 3 rings (SSSR count). The van der Waals surface area contributed by atoms with E-state index in [0.717, 1.165) is 16.8 Å². The van der Waals surface area contributed by atoms with Crippen LogP contribution in [0.5, 0.6) is 0 Å². The van der Waals surface area contributed by atoms with Gasteiger partial charge in [-0.15, -0.1) is 34.9 Å². The number of pyridine rings is 1. The molecule has 0 bridgehead atoms. The number of fused-ring (bicyclic) bond motifs is 1. The topological polar surface area (TPSA) is 53.4 Å². The van der Waals surface area contributed by atoms with E-state index in [9.17, 15) is 0 Å². The van der Waals surface area contributed by atoms with Gasteiger partial charge in [0.1, 0.15) is 0 Å². The van der Waals surface area contributed by atoms with Crippen LogP contribution >= 0.6 is 0 Å². The Bertz CT molecular complexity index is 859. The summed E-state index contributed by atoms with van der Waals surface area (Å²) in [6, 6.07) is 18.0. The molecule has 0 spiro atoms. The summed E-state index contributed by atoms with van der Waals surface area (Å²) in [7, 11) is 0. The second-order valence-corrected chi connectivity index (χ2v) is 6.18. The molecule has 1 unspecified atom stereocenters. The van der Waals surface area contributed by atoms with Gasteiger partial charge in [0.25, 0.3) is 0 Å². The average molecular weight is 527 g/mol. The van der Waals surface area contributed by atoms with Crippen LogP contribution in [0, 0.1) is 19.9 Å². The first kappa shape index (κ1) is 22.0. The molecule has 1 aromatic heterocycles. The SMILES string of the molecule is CC(O)=CC(C)O.Cc1[c-]c(-c2nccc3ccccc23)cc(C)c1.[Ir]. The number of aromatic nitrogens is 1. The molecule has 0 fully saturated rings. The van der Waals surface area contributed by atoms with E-state index in [1.807, 2.05) is 12.3 Å². The summed E-state index contributed by atoms with van der Waals surface area (Å²) in [6.07, 6.45) is 2.69. The zero-order chi connectivity index (χ0) is 18.4. The van der Waals surface area contributed by atoms with E-state index in [1.54, 1.807) is 6.92 Å². The third kappa shape index (κ3) is 6.38. The first-order chi connectivity index (χ1) is 11.9. The van der Waals surface area contributed by atoms with E-state index >= 15 is 0 Å². The molecule has 1 heterocycles. The molecule has 0 aliphatic carbocycles. The first-order valence-electron chi connectivity index (χ1n) is 8.27. The van der Waals surface area contributed by atoms with E-state index in [4.69, 9.17) is 10.2 Å². The standard InChI is InChI=1S/C17H14N.C5H10O2.Ir/c1-12-9-13(2)11-15(10-12)17-16-6-4-3-5-14(16)7-8-18-17;1-4(6)3-5(2)7;/h3-10H,1-2H3;3-4,6-7H,1-2H3;/q-1;;. The van der Waals surface area contributed by atoms with Crippen molar-refractivity contribution in [3.8, 4) is 11.3 Å². The Labute approximate surface area is 168 Å². The molecule has 3 aromatic rings. The summed E-state index contributed by atoms with van der Waals surface area (Å²) < 4.78 is 0. The number of nitrogens with zero attached hydrogens (tertiary/aromatic N) is 1. The minimum atomic E-state index is -0.537. The number of benzene rings is 2. The fourth-order valence-electron chi connectivity index (χ4n) is 2.71. The van der Waals surface area contributed by atoms with E-state index in [2.05, 4.69) is 61.3 Å². The molecule has 3 nitrogen and oxygen atoms in total. The molecule has 2 aromatic carbocycles. The molecule has 0 aliphatic rings. The minimum Gasteiger partial charge on any atom is -0.513 e. The zero-order valence-electron chi connectivity index (χ0n) is 15.4. The maximum absolute atomic E-state index is 8.49. The maximum Gasteiger partial charge on any atom is 0.0877 e. The molecular weight excluding hydrogens is 502 g/mol. The van der Waals surface area contributed by atoms with Crippen molar-refractivity contribution in [2.24, 2.45) is 0 Å². The Hall–Kier alpha value is -2.00. The fourth-order valence-corrected chi connectivity index (χ4v) is 2.71. The van der Waals surface area contributed by atoms with Gasteiger partial charge in [-0.3, -0.25) is 0 Å². The van der Waals surface area contributed by atoms with E-state index in [0.29, 0.717) is 0 Å². The second-order valence-electron chi connectivity index (χ2n) is 6.18. The summed E-state index contributed by atoms with van der Waals surface area (Å²) in [4.78, 5) is 4.53. The molecule has 26 heavy (non-hydrogen) atoms. The summed E-state index contributed by atoms with van der Waals surface area (Å²) in [5.74, 6) is 0.162. The van der Waals surface area contributed by atoms with Gasteiger partial charge in [-0.2, -0.15) is 0 Å². The molecule has 0 aliphatic heterocycles. The summed E-state index contributed by atoms with van der Waals surface area (Å²) in [6.45, 7) is 7.28. The smallest absolute Gasteiger partial charge is 0.0877 e. The first-order valence-corrected chi connectivity index (χ1v) is 8.27. The Balaban J connectivity index is 0.000000366. The normalized spacial score (nSPS) is 12.0. The molecule has 1 atom stereocenters. The molecule has 0 amide bonds. The van der Waals surface area contributed by atoms with Crippen molar-refractivity contribution in [2.75, 3.05) is 0 Å². The monoisotopic (exact) mass is 527 g/mol. The maximum atomic E-state index is 8.49. The largest absolute Gasteiger partial charge is 0.513 e. The van der Waals surface area contributed by atoms with Crippen molar-refractivity contribution in [3.63, 3.8) is 0 Å². The third-order valence-corrected chi connectivity index (χ3v) is 3.56. The van der Waals surface area contributed by atoms with Crippen molar-refractivity contribution in [3.05, 3.63) is 77.7 Å². The third-order valence-electron chi connectivity index (χ3n) is 3.56. The molecule has 2 N–H and O–H groups in total. The number of hydrogen-bond donors (Lipinski definition) is 2. The number of allylic oxidation sites excluding steroid dienone is 1. The van der Waals surface area contributed by atoms with Gasteiger partial charge in [0.05, 0.1) is 11.9 Å². The second kappa shape index (κ2) is 10.2. The number of rotatable bonds is 2. The molecule has 4 heteroatoms. The summed E-state index contributed by atoms with van der Waals surface area (Å²) in [5, 5.41) is 19.3. The molecule has 1 radical (unpaired) electrons. The van der Waals surface area contributed by atoms with Crippen LogP contribution in [0.4, 0.5) is 0 Å². The van der Waals surface area contributed by atoms with Crippen LogP contribution in [0.2, 0.25) is 0 Å². The predicted octanol–water partition coefficient (Wildman–Crippen LogP) is 5.15. The van der Waals surface area contributed by atoms with Crippen LogP contribution in [0.1, 0.15) is 25.0 Å². The van der Waals surface area contributed by atoms with Crippen LogP contribution in [0.15, 0.2) is 60.5 Å². The van der Waals surface area contributed by atoms with Gasteiger partial charge in [0, 0.05) is 26.3 Å². The predicted molar refractivity (Wildman–Crippen MR) is 104 cm³/mol. The van der Waals surface area contributed by atoms with Gasteiger partial charge >= 0.3 is 0 Å². The molecule has 0 saturated carbocycles. The minimum absolute atomic E-state index is 0. The molecule has 0 saturated heterocycles. The Morgan fingerprint density at radius 1 is 1.15 bits per heavy atom. The number of aryl methyl sites for hydroxylation is 2. The van der Waals surface area contributed by atoms with Gasteiger partial charge in [-0.1, -0.05) is 38.1 Å². The van der Waals surface area contributed by atoms with Crippen molar-refractivity contribution in [1.29, 1.82) is 0 Å². The van der Waals surface area contributed by atoms with Crippen LogP contribution in [0.25, 0.3) is 22.0 Å².